The number of carbonyl (C=O) groups is 1. The van der Waals surface area contributed by atoms with Crippen molar-refractivity contribution in [1.29, 1.82) is 0 Å². The van der Waals surface area contributed by atoms with Crippen LogP contribution in [0.1, 0.15) is 41.5 Å². The number of ether oxygens (including phenoxy) is 1. The number of allylic oxidation sites excluding steroid dienone is 3. The average molecular weight is 437 g/mol. The summed E-state index contributed by atoms with van der Waals surface area (Å²) in [6, 6.07) is 0. The first-order chi connectivity index (χ1) is 13.1. The number of carbonyl (C=O) groups excluding carboxylic acids is 1. The molecule has 1 rings (SSSR count). The Kier molecular flexibility index (Phi) is 8.66. The van der Waals surface area contributed by atoms with Crippen LogP contribution in [0.5, 0.6) is 0 Å². The van der Waals surface area contributed by atoms with E-state index < -0.39 is 16.6 Å². The zero-order valence-electron chi connectivity index (χ0n) is 20.0. The summed E-state index contributed by atoms with van der Waals surface area (Å²) in [6.45, 7) is 23.3. The lowest BCUT2D eigenvalue weighted by atomic mass is 10.2. The van der Waals surface area contributed by atoms with Gasteiger partial charge < -0.3 is 13.6 Å². The van der Waals surface area contributed by atoms with Gasteiger partial charge in [-0.2, -0.15) is 0 Å². The van der Waals surface area contributed by atoms with E-state index in [1.165, 1.54) is 0 Å². The van der Waals surface area contributed by atoms with Crippen molar-refractivity contribution in [3.05, 3.63) is 47.8 Å². The van der Waals surface area contributed by atoms with Crippen molar-refractivity contribution in [2.45, 2.75) is 77.8 Å². The molecule has 0 fully saturated rings. The summed E-state index contributed by atoms with van der Waals surface area (Å²) >= 11 is 0. The Labute approximate surface area is 180 Å². The third kappa shape index (κ3) is 7.85. The van der Waals surface area contributed by atoms with Crippen LogP contribution in [0.15, 0.2) is 47.8 Å². The summed E-state index contributed by atoms with van der Waals surface area (Å²) in [7, 11) is -3.52. The quantitative estimate of drug-likeness (QED) is 0.321. The van der Waals surface area contributed by atoms with Gasteiger partial charge in [0, 0.05) is 0 Å². The van der Waals surface area contributed by atoms with Crippen molar-refractivity contribution in [2.24, 2.45) is 0 Å². The zero-order chi connectivity index (χ0) is 22.5. The number of hydrogen-bond donors (Lipinski definition) is 0. The van der Waals surface area contributed by atoms with Crippen LogP contribution in [0.25, 0.3) is 0 Å². The summed E-state index contributed by atoms with van der Waals surface area (Å²) < 4.78 is 17.5. The number of cyclic esters (lactones) is 1. The molecule has 0 aromatic carbocycles. The number of rotatable bonds is 8. The maximum atomic E-state index is 12.0. The molecule has 1 heterocycles. The molecule has 1 aliphatic heterocycles. The minimum Gasteiger partial charge on any atom is -0.423 e. The number of hydrogen-bond acceptors (Lipinski definition) is 4. The van der Waals surface area contributed by atoms with Gasteiger partial charge in [0.15, 0.2) is 16.6 Å². The summed E-state index contributed by atoms with van der Waals surface area (Å²) in [4.78, 5) is 12.0. The Morgan fingerprint density at radius 1 is 0.897 bits per heavy atom. The highest BCUT2D eigenvalue weighted by Crippen LogP contribution is 2.37. The maximum Gasteiger partial charge on any atom is 0.343 e. The average Bonchev–Trinajstić information content (AvgIpc) is 2.89. The molecule has 0 aromatic rings. The van der Waals surface area contributed by atoms with E-state index in [-0.39, 0.29) is 16.0 Å². The monoisotopic (exact) mass is 436 g/mol. The van der Waals surface area contributed by atoms with E-state index in [1.807, 2.05) is 18.2 Å². The third-order valence-electron chi connectivity index (χ3n) is 6.13. The van der Waals surface area contributed by atoms with Crippen LogP contribution in [0.4, 0.5) is 0 Å². The maximum absolute atomic E-state index is 12.0. The van der Waals surface area contributed by atoms with E-state index in [4.69, 9.17) is 13.6 Å². The topological polar surface area (TPSA) is 44.8 Å². The minimum absolute atomic E-state index is 0.170. The van der Waals surface area contributed by atoms with Crippen molar-refractivity contribution in [3.63, 3.8) is 0 Å². The van der Waals surface area contributed by atoms with E-state index in [9.17, 15) is 4.79 Å². The molecule has 0 aliphatic carbocycles. The van der Waals surface area contributed by atoms with Crippen LogP contribution in [0, 0.1) is 0 Å². The van der Waals surface area contributed by atoms with Crippen molar-refractivity contribution in [1.82, 2.24) is 0 Å². The van der Waals surface area contributed by atoms with Crippen molar-refractivity contribution in [3.8, 4) is 0 Å². The van der Waals surface area contributed by atoms with Gasteiger partial charge >= 0.3 is 5.97 Å². The van der Waals surface area contributed by atoms with Gasteiger partial charge in [0.05, 0.1) is 18.8 Å². The Bertz CT molecular complexity index is 699. The Hall–Kier alpha value is -1.22. The van der Waals surface area contributed by atoms with Crippen molar-refractivity contribution >= 4 is 22.6 Å². The fraction of sp³-hybridized carbons (Fsp3) is 0.609. The fourth-order valence-electron chi connectivity index (χ4n) is 1.95. The van der Waals surface area contributed by atoms with E-state index >= 15 is 0 Å². The van der Waals surface area contributed by atoms with Crippen LogP contribution in [-0.2, 0) is 18.4 Å². The zero-order valence-corrected chi connectivity index (χ0v) is 22.0. The lowest BCUT2D eigenvalue weighted by molar-refractivity contribution is -0.132. The predicted molar refractivity (Wildman–Crippen MR) is 127 cm³/mol. The molecular weight excluding hydrogens is 396 g/mol. The van der Waals surface area contributed by atoms with Gasteiger partial charge in [-0.05, 0) is 54.5 Å². The molecule has 0 aromatic heterocycles. The summed E-state index contributed by atoms with van der Waals surface area (Å²) in [5, 5.41) is 0.363. The van der Waals surface area contributed by atoms with Gasteiger partial charge in [-0.1, -0.05) is 59.8 Å². The molecule has 1 aliphatic rings. The van der Waals surface area contributed by atoms with E-state index in [2.05, 4.69) is 67.7 Å². The summed E-state index contributed by atoms with van der Waals surface area (Å²) in [6.07, 6.45) is 11.0. The summed E-state index contributed by atoms with van der Waals surface area (Å²) in [5.41, 5.74) is 0.543. The molecule has 29 heavy (non-hydrogen) atoms. The first kappa shape index (κ1) is 25.8. The Morgan fingerprint density at radius 2 is 1.38 bits per heavy atom. The minimum atomic E-state index is -1.78. The Balaban J connectivity index is 2.58. The highest BCUT2D eigenvalue weighted by atomic mass is 28.4. The van der Waals surface area contributed by atoms with Gasteiger partial charge in [0.25, 0.3) is 0 Å². The molecule has 0 unspecified atom stereocenters. The molecule has 0 spiro atoms. The van der Waals surface area contributed by atoms with Crippen molar-refractivity contribution in [2.75, 3.05) is 13.2 Å². The van der Waals surface area contributed by atoms with Crippen LogP contribution >= 0.6 is 0 Å². The Morgan fingerprint density at radius 3 is 1.86 bits per heavy atom. The second-order valence-corrected chi connectivity index (χ2v) is 20.1. The second kappa shape index (κ2) is 9.73. The molecule has 6 heteroatoms. The first-order valence-corrected chi connectivity index (χ1v) is 16.1. The molecule has 0 atom stereocenters. The molecule has 0 saturated carbocycles. The van der Waals surface area contributed by atoms with Crippen LogP contribution in [-0.4, -0.2) is 35.8 Å². The molecule has 0 radical (unpaired) electrons. The summed E-state index contributed by atoms with van der Waals surface area (Å²) in [5.74, 6) is 0.217. The van der Waals surface area contributed by atoms with Gasteiger partial charge in [0.2, 0.25) is 0 Å². The molecule has 0 saturated heterocycles. The van der Waals surface area contributed by atoms with Crippen LogP contribution < -0.4 is 0 Å². The lowest BCUT2D eigenvalue weighted by Crippen LogP contribution is -2.40. The van der Waals surface area contributed by atoms with E-state index in [1.54, 1.807) is 18.2 Å². The lowest BCUT2D eigenvalue weighted by Gasteiger charge is -2.35. The second-order valence-electron chi connectivity index (χ2n) is 10.5. The molecular formula is C23H40O4Si2. The molecule has 0 amide bonds. The van der Waals surface area contributed by atoms with Crippen molar-refractivity contribution < 1.29 is 18.4 Å². The predicted octanol–water partition coefficient (Wildman–Crippen LogP) is 6.51. The van der Waals surface area contributed by atoms with Crippen LogP contribution in [0.2, 0.25) is 36.3 Å². The normalized spacial score (nSPS) is 18.2. The van der Waals surface area contributed by atoms with Gasteiger partial charge in [-0.3, -0.25) is 0 Å². The largest absolute Gasteiger partial charge is 0.423 e. The standard InChI is InChI=1S/C23H40O4Si2/c1-22(2,3)28(7,8)25-16-12-11-15-20-18-19(21(24)27-20)14-13-17-26-29(9,10)23(4,5)6/h11-15,18H,16-17H2,1-10H3/b12-11+,14-13+,20-15-. The number of esters is 1. The van der Waals surface area contributed by atoms with E-state index in [0.29, 0.717) is 24.5 Å². The highest BCUT2D eigenvalue weighted by Gasteiger charge is 2.37. The van der Waals surface area contributed by atoms with Gasteiger partial charge in [-0.25, -0.2) is 4.79 Å². The molecule has 0 bridgehead atoms. The van der Waals surface area contributed by atoms with Gasteiger partial charge in [0.1, 0.15) is 5.76 Å². The first-order valence-electron chi connectivity index (χ1n) is 10.3. The van der Waals surface area contributed by atoms with E-state index in [0.717, 1.165) is 0 Å². The molecule has 4 nitrogen and oxygen atoms in total. The highest BCUT2D eigenvalue weighted by molar-refractivity contribution is 6.74. The molecule has 164 valence electrons. The fourth-order valence-corrected chi connectivity index (χ4v) is 3.84. The van der Waals surface area contributed by atoms with Crippen LogP contribution in [0.3, 0.4) is 0 Å². The SMILES string of the molecule is CC(C)(C)[Si](C)(C)OC/C=C/C=C1C=C(/C=C/CO[Si](C)(C)C(C)(C)C)C(=O)O/1. The van der Waals surface area contributed by atoms with Gasteiger partial charge in [-0.15, -0.1) is 0 Å². The third-order valence-corrected chi connectivity index (χ3v) is 15.1. The smallest absolute Gasteiger partial charge is 0.343 e. The molecule has 0 N–H and O–H groups in total.